The summed E-state index contributed by atoms with van der Waals surface area (Å²) in [5.74, 6) is -0.263. The van der Waals surface area contributed by atoms with Crippen molar-refractivity contribution in [1.82, 2.24) is 4.37 Å². The number of nitro groups is 3. The maximum absolute atomic E-state index is 13.1. The minimum Gasteiger partial charge on any atom is -0.327 e. The first kappa shape index (κ1) is 21.1. The third-order valence-electron chi connectivity index (χ3n) is 3.81. The molecule has 0 aliphatic heterocycles. The van der Waals surface area contributed by atoms with Crippen LogP contribution in [0.5, 0.6) is 0 Å². The molecule has 16 heteroatoms. The molecule has 1 heterocycles. The van der Waals surface area contributed by atoms with Crippen LogP contribution in [-0.4, -0.2) is 19.1 Å². The van der Waals surface area contributed by atoms with Crippen LogP contribution in [0.4, 0.5) is 41.7 Å². The molecule has 0 fully saturated rings. The Morgan fingerprint density at radius 1 is 1.03 bits per heavy atom. The average Bonchev–Trinajstić information content (AvgIpc) is 3.02. The van der Waals surface area contributed by atoms with Crippen LogP contribution in [0.15, 0.2) is 24.3 Å². The van der Waals surface area contributed by atoms with Crippen molar-refractivity contribution in [2.24, 2.45) is 0 Å². The molecule has 0 amide bonds. The Balaban J connectivity index is 2.28. The molecule has 0 aliphatic carbocycles. The van der Waals surface area contributed by atoms with Crippen molar-refractivity contribution >= 4 is 61.8 Å². The predicted molar refractivity (Wildman–Crippen MR) is 99.3 cm³/mol. The largest absolute Gasteiger partial charge is 0.418 e. The van der Waals surface area contributed by atoms with E-state index < -0.39 is 48.6 Å². The lowest BCUT2D eigenvalue weighted by Gasteiger charge is -2.12. The molecular formula is C14H5ClF3N5O6S. The summed E-state index contributed by atoms with van der Waals surface area (Å²) in [5.41, 5.74) is -5.72. The summed E-state index contributed by atoms with van der Waals surface area (Å²) in [6.45, 7) is 0. The van der Waals surface area contributed by atoms with Crippen LogP contribution in [0.1, 0.15) is 5.56 Å². The van der Waals surface area contributed by atoms with Gasteiger partial charge in [-0.1, -0.05) is 11.6 Å². The molecule has 2 aromatic carbocycles. The number of hydrogen-bond acceptors (Lipinski definition) is 9. The van der Waals surface area contributed by atoms with Crippen molar-refractivity contribution in [3.05, 3.63) is 65.2 Å². The van der Waals surface area contributed by atoms with Crippen molar-refractivity contribution in [2.75, 3.05) is 5.32 Å². The third-order valence-corrected chi connectivity index (χ3v) is 5.02. The van der Waals surface area contributed by atoms with Gasteiger partial charge in [0.25, 0.3) is 5.69 Å². The summed E-state index contributed by atoms with van der Waals surface area (Å²) in [5, 5.41) is 34.7. The predicted octanol–water partition coefficient (Wildman–Crippen LogP) is 5.44. The number of anilines is 2. The van der Waals surface area contributed by atoms with Gasteiger partial charge >= 0.3 is 17.6 Å². The number of halogens is 4. The molecule has 3 rings (SSSR count). The molecule has 0 saturated carbocycles. The van der Waals surface area contributed by atoms with Gasteiger partial charge < -0.3 is 5.32 Å². The number of alkyl halides is 3. The fraction of sp³-hybridized carbons (Fsp3) is 0.0714. The Morgan fingerprint density at radius 2 is 1.70 bits per heavy atom. The Labute approximate surface area is 171 Å². The van der Waals surface area contributed by atoms with E-state index in [9.17, 15) is 43.5 Å². The van der Waals surface area contributed by atoms with Gasteiger partial charge in [0.2, 0.25) is 0 Å². The highest BCUT2D eigenvalue weighted by molar-refractivity contribution is 7.13. The molecular weight excluding hydrogens is 459 g/mol. The van der Waals surface area contributed by atoms with Gasteiger partial charge in [-0.15, -0.1) is 0 Å². The summed E-state index contributed by atoms with van der Waals surface area (Å²) >= 11 is 6.37. The zero-order valence-electron chi connectivity index (χ0n) is 14.0. The second kappa shape index (κ2) is 7.34. The molecule has 11 nitrogen and oxygen atoms in total. The van der Waals surface area contributed by atoms with Crippen LogP contribution < -0.4 is 5.32 Å². The van der Waals surface area contributed by atoms with E-state index >= 15 is 0 Å². The number of fused-ring (bicyclic) bond motifs is 1. The number of benzene rings is 2. The lowest BCUT2D eigenvalue weighted by molar-refractivity contribution is -0.392. The van der Waals surface area contributed by atoms with Crippen LogP contribution in [0.3, 0.4) is 0 Å². The first-order valence-electron chi connectivity index (χ1n) is 7.45. The molecule has 0 atom stereocenters. The third kappa shape index (κ3) is 3.67. The van der Waals surface area contributed by atoms with Crippen LogP contribution in [0.25, 0.3) is 10.1 Å². The Kier molecular flexibility index (Phi) is 5.17. The van der Waals surface area contributed by atoms with Gasteiger partial charge in [-0.2, -0.15) is 17.5 Å². The maximum Gasteiger partial charge on any atom is 0.418 e. The number of hydrogen-bond donors (Lipinski definition) is 1. The minimum absolute atomic E-state index is 0.0642. The van der Waals surface area contributed by atoms with E-state index in [0.717, 1.165) is 17.6 Å². The van der Waals surface area contributed by atoms with E-state index in [4.69, 9.17) is 11.6 Å². The van der Waals surface area contributed by atoms with Crippen LogP contribution >= 0.6 is 23.1 Å². The van der Waals surface area contributed by atoms with E-state index in [1.165, 1.54) is 12.1 Å². The molecule has 0 unspecified atom stereocenters. The van der Waals surface area contributed by atoms with Crippen molar-refractivity contribution < 1.29 is 27.9 Å². The van der Waals surface area contributed by atoms with Gasteiger partial charge in [0.15, 0.2) is 11.5 Å². The number of nitro benzene ring substituents is 3. The van der Waals surface area contributed by atoms with Crippen LogP contribution in [-0.2, 0) is 6.18 Å². The fourth-order valence-electron chi connectivity index (χ4n) is 2.52. The molecule has 1 N–H and O–H groups in total. The van der Waals surface area contributed by atoms with E-state index in [1.54, 1.807) is 0 Å². The van der Waals surface area contributed by atoms with Crippen molar-refractivity contribution in [1.29, 1.82) is 0 Å². The van der Waals surface area contributed by atoms with Gasteiger partial charge in [-0.25, -0.2) is 0 Å². The molecule has 30 heavy (non-hydrogen) atoms. The number of nitrogens with one attached hydrogen (secondary N) is 1. The standard InChI is InChI=1S/C14H5ClF3N5O6S/c15-10-7(14(16,17)18)4-8(22(26)27)11(12(10)23(28)29)19-13-6-3-5(21(24)25)1-2-9(6)30-20-13/h1-4H,(H,19,20). The molecule has 156 valence electrons. The minimum atomic E-state index is -5.20. The smallest absolute Gasteiger partial charge is 0.327 e. The number of non-ortho nitro benzene ring substituents is 1. The molecule has 0 aliphatic rings. The molecule has 0 spiro atoms. The normalized spacial score (nSPS) is 11.5. The van der Waals surface area contributed by atoms with Gasteiger partial charge in [-0.05, 0) is 17.6 Å². The summed E-state index contributed by atoms with van der Waals surface area (Å²) in [7, 11) is 0. The maximum atomic E-state index is 13.1. The summed E-state index contributed by atoms with van der Waals surface area (Å²) in [6, 6.07) is 3.63. The van der Waals surface area contributed by atoms with Crippen molar-refractivity contribution in [3.63, 3.8) is 0 Å². The Morgan fingerprint density at radius 3 is 2.23 bits per heavy atom. The zero-order chi connectivity index (χ0) is 22.4. The summed E-state index contributed by atoms with van der Waals surface area (Å²) < 4.78 is 43.7. The van der Waals surface area contributed by atoms with Gasteiger partial charge in [-0.3, -0.25) is 30.3 Å². The van der Waals surface area contributed by atoms with Gasteiger partial charge in [0.1, 0.15) is 5.02 Å². The monoisotopic (exact) mass is 463 g/mol. The van der Waals surface area contributed by atoms with Crippen LogP contribution in [0, 0.1) is 30.3 Å². The SMILES string of the molecule is O=[N+]([O-])c1ccc2snc(Nc3c([N+](=O)[O-])cc(C(F)(F)F)c(Cl)c3[N+](=O)[O-])c2c1. The summed E-state index contributed by atoms with van der Waals surface area (Å²) in [4.78, 5) is 30.5. The van der Waals surface area contributed by atoms with E-state index in [0.29, 0.717) is 4.70 Å². The first-order chi connectivity index (χ1) is 13.9. The van der Waals surface area contributed by atoms with E-state index in [-0.39, 0.29) is 23.0 Å². The topological polar surface area (TPSA) is 154 Å². The van der Waals surface area contributed by atoms with E-state index in [1.807, 2.05) is 0 Å². The Hall–Kier alpha value is -3.59. The quantitative estimate of drug-likeness (QED) is 0.387. The van der Waals surface area contributed by atoms with Gasteiger partial charge in [0.05, 0.1) is 25.0 Å². The zero-order valence-corrected chi connectivity index (χ0v) is 15.5. The average molecular weight is 464 g/mol. The van der Waals surface area contributed by atoms with Crippen molar-refractivity contribution in [2.45, 2.75) is 6.18 Å². The van der Waals surface area contributed by atoms with E-state index in [2.05, 4.69) is 9.69 Å². The Bertz CT molecular complexity index is 1230. The number of nitrogens with zero attached hydrogens (tertiary/aromatic N) is 4. The highest BCUT2D eigenvalue weighted by Crippen LogP contribution is 2.48. The highest BCUT2D eigenvalue weighted by atomic mass is 35.5. The molecule has 0 radical (unpaired) electrons. The number of aromatic nitrogens is 1. The fourth-order valence-corrected chi connectivity index (χ4v) is 3.57. The van der Waals surface area contributed by atoms with Crippen LogP contribution in [0.2, 0.25) is 5.02 Å². The second-order valence-electron chi connectivity index (χ2n) is 5.59. The molecule has 0 saturated heterocycles. The van der Waals surface area contributed by atoms with Gasteiger partial charge in [0, 0.05) is 23.6 Å². The second-order valence-corrected chi connectivity index (χ2v) is 6.77. The number of rotatable bonds is 5. The molecule has 1 aromatic heterocycles. The molecule has 3 aromatic rings. The first-order valence-corrected chi connectivity index (χ1v) is 8.60. The summed E-state index contributed by atoms with van der Waals surface area (Å²) in [6.07, 6.45) is -5.20. The lowest BCUT2D eigenvalue weighted by atomic mass is 10.1. The van der Waals surface area contributed by atoms with Crippen molar-refractivity contribution in [3.8, 4) is 0 Å². The highest BCUT2D eigenvalue weighted by Gasteiger charge is 2.42. The lowest BCUT2D eigenvalue weighted by Crippen LogP contribution is -2.11. The molecule has 0 bridgehead atoms.